The highest BCUT2D eigenvalue weighted by Gasteiger charge is 2.18. The van der Waals surface area contributed by atoms with Crippen LogP contribution >= 0.6 is 0 Å². The predicted octanol–water partition coefficient (Wildman–Crippen LogP) is 2.79. The third kappa shape index (κ3) is 4.02. The minimum Gasteiger partial charge on any atom is -0.465 e. The lowest BCUT2D eigenvalue weighted by Gasteiger charge is -2.16. The Labute approximate surface area is 141 Å². The summed E-state index contributed by atoms with van der Waals surface area (Å²) in [6.07, 6.45) is 0. The van der Waals surface area contributed by atoms with Gasteiger partial charge in [-0.2, -0.15) is 0 Å². The Bertz CT molecular complexity index is 735. The molecular formula is C18H21NO5. The molecule has 6 nitrogen and oxygen atoms in total. The largest absolute Gasteiger partial charge is 0.465 e. The van der Waals surface area contributed by atoms with Gasteiger partial charge in [0, 0.05) is 19.7 Å². The molecule has 0 spiro atoms. The van der Waals surface area contributed by atoms with Crippen LogP contribution in [0.5, 0.6) is 0 Å². The van der Waals surface area contributed by atoms with E-state index in [0.717, 1.165) is 5.56 Å². The molecule has 6 heteroatoms. The summed E-state index contributed by atoms with van der Waals surface area (Å²) in [5.74, 6) is 0.405. The van der Waals surface area contributed by atoms with E-state index in [4.69, 9.17) is 13.9 Å². The monoisotopic (exact) mass is 331 g/mol. The molecule has 0 saturated carbocycles. The number of carbonyl (C=O) groups excluding carboxylic acids is 2. The van der Waals surface area contributed by atoms with E-state index in [1.807, 2.05) is 12.1 Å². The maximum Gasteiger partial charge on any atom is 0.341 e. The van der Waals surface area contributed by atoms with Crippen molar-refractivity contribution >= 4 is 11.9 Å². The number of amides is 1. The first-order chi connectivity index (χ1) is 11.5. The standard InChI is InChI=1S/C18H21NO5/c1-12-16(18(21)23-4)9-15(24-12)10-19(2)17(20)14-7-5-6-13(8-14)11-22-3/h5-9H,10-11H2,1-4H3. The molecule has 0 N–H and O–H groups in total. The Kier molecular flexibility index (Phi) is 5.76. The van der Waals surface area contributed by atoms with Crippen LogP contribution in [0, 0.1) is 6.92 Å². The van der Waals surface area contributed by atoms with E-state index in [2.05, 4.69) is 0 Å². The Morgan fingerprint density at radius 3 is 2.62 bits per heavy atom. The van der Waals surface area contributed by atoms with E-state index >= 15 is 0 Å². The number of benzene rings is 1. The number of nitrogens with zero attached hydrogens (tertiary/aromatic N) is 1. The number of methoxy groups -OCH3 is 2. The molecule has 1 amide bonds. The normalized spacial score (nSPS) is 10.5. The van der Waals surface area contributed by atoms with Crippen molar-refractivity contribution in [1.29, 1.82) is 0 Å². The van der Waals surface area contributed by atoms with Gasteiger partial charge < -0.3 is 18.8 Å². The molecule has 0 saturated heterocycles. The number of carbonyl (C=O) groups is 2. The molecule has 24 heavy (non-hydrogen) atoms. The average Bonchev–Trinajstić information content (AvgIpc) is 2.94. The van der Waals surface area contributed by atoms with Gasteiger partial charge in [-0.3, -0.25) is 4.79 Å². The van der Waals surface area contributed by atoms with Crippen LogP contribution in [0.2, 0.25) is 0 Å². The maximum atomic E-state index is 12.5. The van der Waals surface area contributed by atoms with Crippen LogP contribution in [0.15, 0.2) is 34.7 Å². The fourth-order valence-corrected chi connectivity index (χ4v) is 2.42. The number of furan rings is 1. The van der Waals surface area contributed by atoms with E-state index in [0.29, 0.717) is 29.3 Å². The Hall–Kier alpha value is -2.60. The smallest absolute Gasteiger partial charge is 0.341 e. The van der Waals surface area contributed by atoms with Crippen LogP contribution in [-0.2, 0) is 22.6 Å². The average molecular weight is 331 g/mol. The second-order valence-corrected chi connectivity index (χ2v) is 5.47. The number of aryl methyl sites for hydroxylation is 1. The van der Waals surface area contributed by atoms with Crippen LogP contribution in [0.25, 0.3) is 0 Å². The zero-order valence-electron chi connectivity index (χ0n) is 14.3. The van der Waals surface area contributed by atoms with E-state index in [-0.39, 0.29) is 12.5 Å². The zero-order valence-corrected chi connectivity index (χ0v) is 14.3. The van der Waals surface area contributed by atoms with E-state index in [1.54, 1.807) is 39.3 Å². The van der Waals surface area contributed by atoms with Gasteiger partial charge in [-0.25, -0.2) is 4.79 Å². The molecule has 0 fully saturated rings. The van der Waals surface area contributed by atoms with Gasteiger partial charge in [0.05, 0.1) is 20.3 Å². The topological polar surface area (TPSA) is 69.0 Å². The summed E-state index contributed by atoms with van der Waals surface area (Å²) in [5, 5.41) is 0. The van der Waals surface area contributed by atoms with Crippen molar-refractivity contribution < 1.29 is 23.5 Å². The second-order valence-electron chi connectivity index (χ2n) is 5.47. The molecule has 0 aliphatic heterocycles. The molecule has 1 aromatic heterocycles. The van der Waals surface area contributed by atoms with Crippen LogP contribution < -0.4 is 0 Å². The fourth-order valence-electron chi connectivity index (χ4n) is 2.42. The summed E-state index contributed by atoms with van der Waals surface area (Å²) in [5.41, 5.74) is 1.87. The van der Waals surface area contributed by atoms with Crippen molar-refractivity contribution in [2.24, 2.45) is 0 Å². The number of rotatable bonds is 6. The van der Waals surface area contributed by atoms with Gasteiger partial charge in [0.1, 0.15) is 17.1 Å². The Morgan fingerprint density at radius 2 is 1.96 bits per heavy atom. The summed E-state index contributed by atoms with van der Waals surface area (Å²) >= 11 is 0. The first-order valence-corrected chi connectivity index (χ1v) is 7.47. The van der Waals surface area contributed by atoms with Crippen LogP contribution in [0.4, 0.5) is 0 Å². The Morgan fingerprint density at radius 1 is 1.21 bits per heavy atom. The molecule has 0 atom stereocenters. The van der Waals surface area contributed by atoms with Crippen LogP contribution in [0.3, 0.4) is 0 Å². The van der Waals surface area contributed by atoms with Crippen molar-refractivity contribution in [1.82, 2.24) is 4.90 Å². The summed E-state index contributed by atoms with van der Waals surface area (Å²) in [7, 11) is 4.61. The highest BCUT2D eigenvalue weighted by atomic mass is 16.5. The van der Waals surface area contributed by atoms with E-state index in [1.165, 1.54) is 12.0 Å². The summed E-state index contributed by atoms with van der Waals surface area (Å²) in [6, 6.07) is 8.88. The highest BCUT2D eigenvalue weighted by molar-refractivity contribution is 5.94. The molecule has 0 unspecified atom stereocenters. The molecule has 1 heterocycles. The minimum absolute atomic E-state index is 0.137. The molecule has 1 aromatic carbocycles. The lowest BCUT2D eigenvalue weighted by Crippen LogP contribution is -2.26. The molecule has 0 aliphatic rings. The molecule has 0 bridgehead atoms. The van der Waals surface area contributed by atoms with E-state index in [9.17, 15) is 9.59 Å². The van der Waals surface area contributed by atoms with Crippen molar-refractivity contribution in [3.05, 3.63) is 58.5 Å². The minimum atomic E-state index is -0.455. The van der Waals surface area contributed by atoms with Crippen molar-refractivity contribution in [3.8, 4) is 0 Å². The van der Waals surface area contributed by atoms with Gasteiger partial charge in [-0.1, -0.05) is 12.1 Å². The van der Waals surface area contributed by atoms with Gasteiger partial charge in [0.25, 0.3) is 5.91 Å². The van der Waals surface area contributed by atoms with E-state index < -0.39 is 5.97 Å². The first-order valence-electron chi connectivity index (χ1n) is 7.47. The molecule has 128 valence electrons. The van der Waals surface area contributed by atoms with Gasteiger partial charge in [-0.05, 0) is 30.7 Å². The fraction of sp³-hybridized carbons (Fsp3) is 0.333. The summed E-state index contributed by atoms with van der Waals surface area (Å²) in [6.45, 7) is 2.39. The first kappa shape index (κ1) is 17.7. The van der Waals surface area contributed by atoms with Gasteiger partial charge >= 0.3 is 5.97 Å². The number of hydrogen-bond donors (Lipinski definition) is 0. The number of ether oxygens (including phenoxy) is 2. The second kappa shape index (κ2) is 7.79. The SMILES string of the molecule is COCc1cccc(C(=O)N(C)Cc2cc(C(=O)OC)c(C)o2)c1. The lowest BCUT2D eigenvalue weighted by molar-refractivity contribution is 0.0598. The summed E-state index contributed by atoms with van der Waals surface area (Å²) in [4.78, 5) is 25.7. The van der Waals surface area contributed by atoms with Gasteiger partial charge in [-0.15, -0.1) is 0 Å². The maximum absolute atomic E-state index is 12.5. The Balaban J connectivity index is 2.12. The van der Waals surface area contributed by atoms with Crippen molar-refractivity contribution in [3.63, 3.8) is 0 Å². The van der Waals surface area contributed by atoms with Gasteiger partial charge in [0.15, 0.2) is 0 Å². The zero-order chi connectivity index (χ0) is 17.7. The predicted molar refractivity (Wildman–Crippen MR) is 87.7 cm³/mol. The molecule has 2 aromatic rings. The third-order valence-corrected chi connectivity index (χ3v) is 3.60. The molecule has 2 rings (SSSR count). The van der Waals surface area contributed by atoms with Crippen LogP contribution in [0.1, 0.15) is 37.8 Å². The molecular weight excluding hydrogens is 310 g/mol. The van der Waals surface area contributed by atoms with Crippen molar-refractivity contribution in [2.75, 3.05) is 21.3 Å². The highest BCUT2D eigenvalue weighted by Crippen LogP contribution is 2.18. The lowest BCUT2D eigenvalue weighted by atomic mass is 10.1. The molecule has 0 aliphatic carbocycles. The molecule has 0 radical (unpaired) electrons. The quantitative estimate of drug-likeness (QED) is 0.761. The summed E-state index contributed by atoms with van der Waals surface area (Å²) < 4.78 is 15.3. The number of hydrogen-bond acceptors (Lipinski definition) is 5. The number of esters is 1. The third-order valence-electron chi connectivity index (χ3n) is 3.60. The van der Waals surface area contributed by atoms with Crippen LogP contribution in [-0.4, -0.2) is 38.0 Å². The van der Waals surface area contributed by atoms with Crippen molar-refractivity contribution in [2.45, 2.75) is 20.1 Å². The van der Waals surface area contributed by atoms with Gasteiger partial charge in [0.2, 0.25) is 0 Å².